The molecule has 118 valence electrons. The standard InChI is InChI=1S/C16H19ClN2O3/c17-13-7-11-9-18-19(16-3-1-2-5-21-16)14(11)8-15(13)22-12-4-6-20-10-12/h7-9,12,16H,1-6,10H2/t12-,16?/m1/s1. The van der Waals surface area contributed by atoms with Crippen LogP contribution in [0.5, 0.6) is 5.75 Å². The summed E-state index contributed by atoms with van der Waals surface area (Å²) in [6.07, 6.45) is 6.11. The van der Waals surface area contributed by atoms with Crippen LogP contribution >= 0.6 is 11.6 Å². The molecule has 0 bridgehead atoms. The van der Waals surface area contributed by atoms with E-state index in [1.165, 1.54) is 6.42 Å². The van der Waals surface area contributed by atoms with Crippen molar-refractivity contribution in [2.75, 3.05) is 19.8 Å². The number of hydrogen-bond acceptors (Lipinski definition) is 4. The number of nitrogens with zero attached hydrogens (tertiary/aromatic N) is 2. The number of halogens is 1. The molecule has 2 atom stereocenters. The lowest BCUT2D eigenvalue weighted by molar-refractivity contribution is -0.0366. The molecule has 0 saturated carbocycles. The maximum absolute atomic E-state index is 6.34. The minimum atomic E-state index is 0.00934. The monoisotopic (exact) mass is 322 g/mol. The smallest absolute Gasteiger partial charge is 0.150 e. The second-order valence-electron chi connectivity index (χ2n) is 5.86. The summed E-state index contributed by atoms with van der Waals surface area (Å²) in [6.45, 7) is 2.17. The Kier molecular flexibility index (Phi) is 3.94. The van der Waals surface area contributed by atoms with E-state index < -0.39 is 0 Å². The summed E-state index contributed by atoms with van der Waals surface area (Å²) in [5, 5.41) is 6.11. The largest absolute Gasteiger partial charge is 0.486 e. The van der Waals surface area contributed by atoms with Gasteiger partial charge in [0.2, 0.25) is 0 Å². The van der Waals surface area contributed by atoms with E-state index in [0.29, 0.717) is 17.4 Å². The van der Waals surface area contributed by atoms with Gasteiger partial charge in [-0.2, -0.15) is 5.10 Å². The molecule has 0 amide bonds. The van der Waals surface area contributed by atoms with Crippen LogP contribution in [0.3, 0.4) is 0 Å². The van der Waals surface area contributed by atoms with Crippen molar-refractivity contribution in [1.82, 2.24) is 9.78 Å². The lowest BCUT2D eigenvalue weighted by atomic mass is 10.2. The van der Waals surface area contributed by atoms with E-state index in [-0.39, 0.29) is 12.3 Å². The van der Waals surface area contributed by atoms with Crippen LogP contribution in [0.1, 0.15) is 31.9 Å². The molecular formula is C16H19ClN2O3. The number of ether oxygens (including phenoxy) is 3. The molecule has 1 aromatic carbocycles. The van der Waals surface area contributed by atoms with Crippen LogP contribution in [0.25, 0.3) is 10.9 Å². The first-order chi connectivity index (χ1) is 10.8. The molecule has 0 radical (unpaired) electrons. The molecule has 2 aliphatic heterocycles. The molecule has 2 fully saturated rings. The third-order valence-corrected chi connectivity index (χ3v) is 4.55. The van der Waals surface area contributed by atoms with Gasteiger partial charge >= 0.3 is 0 Å². The Balaban J connectivity index is 1.67. The molecule has 0 N–H and O–H groups in total. The van der Waals surface area contributed by atoms with E-state index >= 15 is 0 Å². The molecule has 1 aromatic heterocycles. The zero-order valence-electron chi connectivity index (χ0n) is 12.3. The molecule has 3 heterocycles. The van der Waals surface area contributed by atoms with Crippen LogP contribution in [0.15, 0.2) is 18.3 Å². The highest BCUT2D eigenvalue weighted by Gasteiger charge is 2.22. The van der Waals surface area contributed by atoms with Crippen molar-refractivity contribution in [1.29, 1.82) is 0 Å². The first-order valence-corrected chi connectivity index (χ1v) is 8.22. The van der Waals surface area contributed by atoms with Crippen molar-refractivity contribution in [3.8, 4) is 5.75 Å². The summed E-state index contributed by atoms with van der Waals surface area (Å²) in [5.41, 5.74) is 1.00. The summed E-state index contributed by atoms with van der Waals surface area (Å²) < 4.78 is 19.1. The van der Waals surface area contributed by atoms with E-state index in [1.807, 2.05) is 23.0 Å². The van der Waals surface area contributed by atoms with E-state index in [1.54, 1.807) is 0 Å². The van der Waals surface area contributed by atoms with Crippen LogP contribution in [0.2, 0.25) is 5.02 Å². The normalized spacial score (nSPS) is 25.7. The van der Waals surface area contributed by atoms with Gasteiger partial charge in [-0.25, -0.2) is 4.68 Å². The zero-order chi connectivity index (χ0) is 14.9. The second-order valence-corrected chi connectivity index (χ2v) is 6.26. The van der Waals surface area contributed by atoms with Gasteiger partial charge in [-0.05, 0) is 25.3 Å². The van der Waals surface area contributed by atoms with Gasteiger partial charge in [-0.1, -0.05) is 11.6 Å². The van der Waals surface area contributed by atoms with Gasteiger partial charge in [0, 0.05) is 24.5 Å². The molecule has 5 nitrogen and oxygen atoms in total. The fraction of sp³-hybridized carbons (Fsp3) is 0.562. The number of aromatic nitrogens is 2. The van der Waals surface area contributed by atoms with Gasteiger partial charge in [-0.3, -0.25) is 0 Å². The highest BCUT2D eigenvalue weighted by molar-refractivity contribution is 6.32. The van der Waals surface area contributed by atoms with E-state index in [4.69, 9.17) is 25.8 Å². The molecule has 2 aliphatic rings. The Morgan fingerprint density at radius 3 is 2.95 bits per heavy atom. The van der Waals surface area contributed by atoms with Crippen molar-refractivity contribution >= 4 is 22.5 Å². The summed E-state index contributed by atoms with van der Waals surface area (Å²) in [5.74, 6) is 0.697. The average molecular weight is 323 g/mol. The number of rotatable bonds is 3. The van der Waals surface area contributed by atoms with Crippen molar-refractivity contribution in [2.45, 2.75) is 38.0 Å². The lowest BCUT2D eigenvalue weighted by Gasteiger charge is -2.23. The zero-order valence-corrected chi connectivity index (χ0v) is 13.1. The van der Waals surface area contributed by atoms with Gasteiger partial charge in [0.05, 0.1) is 29.9 Å². The SMILES string of the molecule is Clc1cc2cnn(C3CCCCO3)c2cc1O[C@@H]1CCOC1. The third kappa shape index (κ3) is 2.69. The Hall–Kier alpha value is -1.30. The number of hydrogen-bond donors (Lipinski definition) is 0. The lowest BCUT2D eigenvalue weighted by Crippen LogP contribution is -2.19. The Morgan fingerprint density at radius 2 is 2.18 bits per heavy atom. The number of benzene rings is 1. The highest BCUT2D eigenvalue weighted by atomic mass is 35.5. The molecule has 0 aliphatic carbocycles. The van der Waals surface area contributed by atoms with Crippen molar-refractivity contribution in [3.05, 3.63) is 23.4 Å². The first-order valence-electron chi connectivity index (χ1n) is 7.84. The van der Waals surface area contributed by atoms with E-state index in [9.17, 15) is 0 Å². The minimum Gasteiger partial charge on any atom is -0.486 e. The maximum atomic E-state index is 6.34. The van der Waals surface area contributed by atoms with Crippen molar-refractivity contribution < 1.29 is 14.2 Å². The molecule has 1 unspecified atom stereocenters. The fourth-order valence-electron chi connectivity index (χ4n) is 3.07. The predicted molar refractivity (Wildman–Crippen MR) is 83.4 cm³/mol. The maximum Gasteiger partial charge on any atom is 0.150 e. The number of fused-ring (bicyclic) bond motifs is 1. The molecule has 2 aromatic rings. The van der Waals surface area contributed by atoms with Gasteiger partial charge < -0.3 is 14.2 Å². The predicted octanol–water partition coefficient (Wildman–Crippen LogP) is 3.56. The quantitative estimate of drug-likeness (QED) is 0.867. The van der Waals surface area contributed by atoms with Crippen LogP contribution in [-0.4, -0.2) is 35.7 Å². The van der Waals surface area contributed by atoms with Crippen molar-refractivity contribution in [3.63, 3.8) is 0 Å². The Bertz CT molecular complexity index is 661. The summed E-state index contributed by atoms with van der Waals surface area (Å²) in [6, 6.07) is 3.88. The van der Waals surface area contributed by atoms with Crippen LogP contribution < -0.4 is 4.74 Å². The Labute approximate surface area is 134 Å². The topological polar surface area (TPSA) is 45.5 Å². The van der Waals surface area contributed by atoms with Gasteiger partial charge in [-0.15, -0.1) is 0 Å². The summed E-state index contributed by atoms with van der Waals surface area (Å²) >= 11 is 6.34. The summed E-state index contributed by atoms with van der Waals surface area (Å²) in [7, 11) is 0. The molecular weight excluding hydrogens is 304 g/mol. The van der Waals surface area contributed by atoms with Gasteiger partial charge in [0.1, 0.15) is 11.9 Å². The third-order valence-electron chi connectivity index (χ3n) is 4.26. The van der Waals surface area contributed by atoms with E-state index in [2.05, 4.69) is 5.10 Å². The van der Waals surface area contributed by atoms with Gasteiger partial charge in [0.15, 0.2) is 6.23 Å². The molecule has 0 spiro atoms. The van der Waals surface area contributed by atoms with Crippen LogP contribution in [-0.2, 0) is 9.47 Å². The van der Waals surface area contributed by atoms with Crippen molar-refractivity contribution in [2.24, 2.45) is 0 Å². The minimum absolute atomic E-state index is 0.00934. The molecule has 6 heteroatoms. The Morgan fingerprint density at radius 1 is 1.23 bits per heavy atom. The average Bonchev–Trinajstić information content (AvgIpc) is 3.18. The van der Waals surface area contributed by atoms with Crippen LogP contribution in [0.4, 0.5) is 0 Å². The molecule has 22 heavy (non-hydrogen) atoms. The summed E-state index contributed by atoms with van der Waals surface area (Å²) in [4.78, 5) is 0. The molecule has 2 saturated heterocycles. The van der Waals surface area contributed by atoms with E-state index in [0.717, 1.165) is 43.4 Å². The van der Waals surface area contributed by atoms with Crippen LogP contribution in [0, 0.1) is 0 Å². The first kappa shape index (κ1) is 14.3. The fourth-order valence-corrected chi connectivity index (χ4v) is 3.28. The molecule has 4 rings (SSSR count). The highest BCUT2D eigenvalue weighted by Crippen LogP contribution is 2.34. The second kappa shape index (κ2) is 6.07. The van der Waals surface area contributed by atoms with Gasteiger partial charge in [0.25, 0.3) is 0 Å².